The molecule has 0 saturated heterocycles. The van der Waals surface area contributed by atoms with E-state index in [-0.39, 0.29) is 6.61 Å². The number of benzene rings is 2. The zero-order chi connectivity index (χ0) is 13.1. The van der Waals surface area contributed by atoms with E-state index in [0.29, 0.717) is 10.8 Å². The van der Waals surface area contributed by atoms with Crippen LogP contribution in [0.15, 0.2) is 36.4 Å². The SMILES string of the molecule is Cc1cc(Cl)cc(C)c1Oc1ccccc1CO. The summed E-state index contributed by atoms with van der Waals surface area (Å²) in [5, 5.41) is 9.98. The lowest BCUT2D eigenvalue weighted by molar-refractivity contribution is 0.276. The molecule has 0 atom stereocenters. The number of aryl methyl sites for hydroxylation is 2. The standard InChI is InChI=1S/C15H15ClO2/c1-10-7-13(16)8-11(2)15(10)18-14-6-4-3-5-12(14)9-17/h3-8,17H,9H2,1-2H3. The highest BCUT2D eigenvalue weighted by atomic mass is 35.5. The Bertz CT molecular complexity index is 541. The highest BCUT2D eigenvalue weighted by Crippen LogP contribution is 2.32. The van der Waals surface area contributed by atoms with Gasteiger partial charge in [-0.05, 0) is 43.2 Å². The van der Waals surface area contributed by atoms with E-state index in [1.165, 1.54) is 0 Å². The maximum Gasteiger partial charge on any atom is 0.133 e. The normalized spacial score (nSPS) is 10.4. The van der Waals surface area contributed by atoms with E-state index in [1.54, 1.807) is 0 Å². The molecule has 0 bridgehead atoms. The lowest BCUT2D eigenvalue weighted by Gasteiger charge is -2.14. The van der Waals surface area contributed by atoms with E-state index in [9.17, 15) is 5.11 Å². The van der Waals surface area contributed by atoms with E-state index in [0.717, 1.165) is 22.4 Å². The zero-order valence-corrected chi connectivity index (χ0v) is 11.2. The van der Waals surface area contributed by atoms with Crippen LogP contribution in [-0.2, 0) is 6.61 Å². The predicted molar refractivity (Wildman–Crippen MR) is 73.4 cm³/mol. The van der Waals surface area contributed by atoms with Crippen molar-refractivity contribution >= 4 is 11.6 Å². The van der Waals surface area contributed by atoms with Gasteiger partial charge in [-0.1, -0.05) is 29.8 Å². The third kappa shape index (κ3) is 2.66. The minimum absolute atomic E-state index is 0.0398. The number of ether oxygens (including phenoxy) is 1. The van der Waals surface area contributed by atoms with Crippen molar-refractivity contribution in [2.75, 3.05) is 0 Å². The monoisotopic (exact) mass is 262 g/mol. The molecule has 18 heavy (non-hydrogen) atoms. The van der Waals surface area contributed by atoms with Crippen LogP contribution in [-0.4, -0.2) is 5.11 Å². The fourth-order valence-electron chi connectivity index (χ4n) is 1.90. The quantitative estimate of drug-likeness (QED) is 0.896. The molecular weight excluding hydrogens is 248 g/mol. The second-order valence-corrected chi connectivity index (χ2v) is 4.67. The van der Waals surface area contributed by atoms with Crippen molar-refractivity contribution in [3.05, 3.63) is 58.1 Å². The zero-order valence-electron chi connectivity index (χ0n) is 10.4. The van der Waals surface area contributed by atoms with Gasteiger partial charge in [0.25, 0.3) is 0 Å². The van der Waals surface area contributed by atoms with Gasteiger partial charge in [0.15, 0.2) is 0 Å². The van der Waals surface area contributed by atoms with Gasteiger partial charge in [-0.15, -0.1) is 0 Å². The molecule has 1 N–H and O–H groups in total. The number of halogens is 1. The van der Waals surface area contributed by atoms with Crippen molar-refractivity contribution in [2.45, 2.75) is 20.5 Å². The number of hydrogen-bond acceptors (Lipinski definition) is 2. The number of hydrogen-bond donors (Lipinski definition) is 1. The first-order valence-electron chi connectivity index (χ1n) is 5.75. The van der Waals surface area contributed by atoms with Gasteiger partial charge in [0.1, 0.15) is 11.5 Å². The van der Waals surface area contributed by atoms with E-state index in [2.05, 4.69) is 0 Å². The molecule has 0 aliphatic rings. The lowest BCUT2D eigenvalue weighted by atomic mass is 10.1. The molecule has 0 aromatic heterocycles. The highest BCUT2D eigenvalue weighted by Gasteiger charge is 2.09. The number of rotatable bonds is 3. The number of para-hydroxylation sites is 1. The molecule has 2 aromatic rings. The van der Waals surface area contributed by atoms with Gasteiger partial charge in [0.05, 0.1) is 6.61 Å². The van der Waals surface area contributed by atoms with Crippen molar-refractivity contribution in [3.63, 3.8) is 0 Å². The van der Waals surface area contributed by atoms with Gasteiger partial charge in [0.2, 0.25) is 0 Å². The molecule has 3 heteroatoms. The highest BCUT2D eigenvalue weighted by molar-refractivity contribution is 6.30. The number of aliphatic hydroxyl groups is 1. The molecule has 0 amide bonds. The first kappa shape index (κ1) is 12.9. The van der Waals surface area contributed by atoms with E-state index in [4.69, 9.17) is 16.3 Å². The molecule has 0 aliphatic heterocycles. The molecule has 2 rings (SSSR count). The van der Waals surface area contributed by atoms with Crippen molar-refractivity contribution in [2.24, 2.45) is 0 Å². The Labute approximate surface area is 112 Å². The summed E-state index contributed by atoms with van der Waals surface area (Å²) in [5.74, 6) is 1.47. The van der Waals surface area contributed by atoms with Gasteiger partial charge in [-0.3, -0.25) is 0 Å². The van der Waals surface area contributed by atoms with Gasteiger partial charge < -0.3 is 9.84 Å². The predicted octanol–water partition coefficient (Wildman–Crippen LogP) is 4.24. The van der Waals surface area contributed by atoms with Crippen LogP contribution in [0.3, 0.4) is 0 Å². The van der Waals surface area contributed by atoms with E-state index in [1.807, 2.05) is 50.2 Å². The summed E-state index contributed by atoms with van der Waals surface area (Å²) < 4.78 is 5.90. The van der Waals surface area contributed by atoms with Gasteiger partial charge in [-0.25, -0.2) is 0 Å². The van der Waals surface area contributed by atoms with Crippen LogP contribution in [0.4, 0.5) is 0 Å². The third-order valence-electron chi connectivity index (χ3n) is 2.78. The molecular formula is C15H15ClO2. The Morgan fingerprint density at radius 3 is 2.33 bits per heavy atom. The maximum atomic E-state index is 9.28. The van der Waals surface area contributed by atoms with Crippen LogP contribution in [0.2, 0.25) is 5.02 Å². The van der Waals surface area contributed by atoms with E-state index >= 15 is 0 Å². The summed E-state index contributed by atoms with van der Waals surface area (Å²) in [6, 6.07) is 11.2. The molecule has 0 aliphatic carbocycles. The van der Waals surface area contributed by atoms with Crippen molar-refractivity contribution in [3.8, 4) is 11.5 Å². The van der Waals surface area contributed by atoms with Crippen molar-refractivity contribution in [1.29, 1.82) is 0 Å². The minimum Gasteiger partial charge on any atom is -0.456 e. The Kier molecular flexibility index (Phi) is 3.90. The molecule has 2 aromatic carbocycles. The second-order valence-electron chi connectivity index (χ2n) is 4.24. The van der Waals surface area contributed by atoms with Crippen LogP contribution in [0.5, 0.6) is 11.5 Å². The Morgan fingerprint density at radius 1 is 1.11 bits per heavy atom. The van der Waals surface area contributed by atoms with Crippen molar-refractivity contribution < 1.29 is 9.84 Å². The Morgan fingerprint density at radius 2 is 1.72 bits per heavy atom. The summed E-state index contributed by atoms with van der Waals surface area (Å²) in [6.07, 6.45) is 0. The fraction of sp³-hybridized carbons (Fsp3) is 0.200. The second kappa shape index (κ2) is 5.42. The Balaban J connectivity index is 2.40. The topological polar surface area (TPSA) is 29.5 Å². The summed E-state index contributed by atoms with van der Waals surface area (Å²) in [5.41, 5.74) is 2.73. The molecule has 2 nitrogen and oxygen atoms in total. The summed E-state index contributed by atoms with van der Waals surface area (Å²) in [7, 11) is 0. The van der Waals surface area contributed by atoms with Crippen LogP contribution in [0.1, 0.15) is 16.7 Å². The first-order valence-corrected chi connectivity index (χ1v) is 6.13. The summed E-state index contributed by atoms with van der Waals surface area (Å²) >= 11 is 5.99. The van der Waals surface area contributed by atoms with Gasteiger partial charge in [0, 0.05) is 10.6 Å². The van der Waals surface area contributed by atoms with E-state index < -0.39 is 0 Å². The van der Waals surface area contributed by atoms with Crippen molar-refractivity contribution in [1.82, 2.24) is 0 Å². The van der Waals surface area contributed by atoms with Gasteiger partial charge >= 0.3 is 0 Å². The molecule has 0 heterocycles. The smallest absolute Gasteiger partial charge is 0.133 e. The van der Waals surface area contributed by atoms with Crippen LogP contribution in [0, 0.1) is 13.8 Å². The molecule has 0 fully saturated rings. The number of aliphatic hydroxyl groups excluding tert-OH is 1. The molecule has 0 radical (unpaired) electrons. The van der Waals surface area contributed by atoms with Crippen LogP contribution >= 0.6 is 11.6 Å². The Hall–Kier alpha value is -1.51. The first-order chi connectivity index (χ1) is 8.61. The van der Waals surface area contributed by atoms with Gasteiger partial charge in [-0.2, -0.15) is 0 Å². The average molecular weight is 263 g/mol. The lowest BCUT2D eigenvalue weighted by Crippen LogP contribution is -1.95. The summed E-state index contributed by atoms with van der Waals surface area (Å²) in [6.45, 7) is 3.87. The minimum atomic E-state index is -0.0398. The molecule has 0 spiro atoms. The summed E-state index contributed by atoms with van der Waals surface area (Å²) in [4.78, 5) is 0. The molecule has 0 unspecified atom stereocenters. The third-order valence-corrected chi connectivity index (χ3v) is 3.00. The largest absolute Gasteiger partial charge is 0.456 e. The van der Waals surface area contributed by atoms with Crippen LogP contribution in [0.25, 0.3) is 0 Å². The molecule has 0 saturated carbocycles. The van der Waals surface area contributed by atoms with Crippen LogP contribution < -0.4 is 4.74 Å². The fourth-order valence-corrected chi connectivity index (χ4v) is 2.23. The average Bonchev–Trinajstić information content (AvgIpc) is 2.34. The molecule has 94 valence electrons. The maximum absolute atomic E-state index is 9.28.